The molecular formula is C17H31N3O2. The molecule has 1 aliphatic carbocycles. The highest BCUT2D eigenvalue weighted by atomic mass is 16.5. The lowest BCUT2D eigenvalue weighted by atomic mass is 9.98. The van der Waals surface area contributed by atoms with E-state index in [9.17, 15) is 4.79 Å². The van der Waals surface area contributed by atoms with Gasteiger partial charge in [-0.05, 0) is 43.9 Å². The lowest BCUT2D eigenvalue weighted by molar-refractivity contribution is -0.123. The van der Waals surface area contributed by atoms with Gasteiger partial charge in [0.05, 0.1) is 6.61 Å². The van der Waals surface area contributed by atoms with Gasteiger partial charge in [-0.15, -0.1) is 0 Å². The summed E-state index contributed by atoms with van der Waals surface area (Å²) in [5.74, 6) is 1.34. The van der Waals surface area contributed by atoms with Crippen molar-refractivity contribution >= 4 is 5.91 Å². The van der Waals surface area contributed by atoms with E-state index >= 15 is 0 Å². The summed E-state index contributed by atoms with van der Waals surface area (Å²) < 4.78 is 5.45. The van der Waals surface area contributed by atoms with Crippen molar-refractivity contribution in [3.63, 3.8) is 0 Å². The topological polar surface area (TPSA) is 67.6 Å². The van der Waals surface area contributed by atoms with Crippen molar-refractivity contribution in [3.8, 4) is 0 Å². The third-order valence-electron chi connectivity index (χ3n) is 5.66. The summed E-state index contributed by atoms with van der Waals surface area (Å²) in [5.41, 5.74) is 6.06. The fraction of sp³-hybridized carbons (Fsp3) is 0.941. The lowest BCUT2D eigenvalue weighted by Crippen LogP contribution is -2.46. The Kier molecular flexibility index (Phi) is 5.71. The van der Waals surface area contributed by atoms with Gasteiger partial charge in [0, 0.05) is 44.7 Å². The second-order valence-corrected chi connectivity index (χ2v) is 7.43. The van der Waals surface area contributed by atoms with Crippen LogP contribution in [0.5, 0.6) is 0 Å². The Hall–Kier alpha value is -0.650. The van der Waals surface area contributed by atoms with Gasteiger partial charge < -0.3 is 20.7 Å². The first-order valence-corrected chi connectivity index (χ1v) is 9.06. The predicted molar refractivity (Wildman–Crippen MR) is 86.5 cm³/mol. The van der Waals surface area contributed by atoms with Gasteiger partial charge in [-0.1, -0.05) is 6.42 Å². The number of amides is 1. The highest BCUT2D eigenvalue weighted by Gasteiger charge is 2.28. The summed E-state index contributed by atoms with van der Waals surface area (Å²) in [4.78, 5) is 14.7. The monoisotopic (exact) mass is 309 g/mol. The van der Waals surface area contributed by atoms with Crippen molar-refractivity contribution < 1.29 is 9.53 Å². The van der Waals surface area contributed by atoms with Crippen molar-refractivity contribution in [1.29, 1.82) is 0 Å². The summed E-state index contributed by atoms with van der Waals surface area (Å²) >= 11 is 0. The maximum Gasteiger partial charge on any atom is 0.220 e. The molecular weight excluding hydrogens is 278 g/mol. The van der Waals surface area contributed by atoms with Gasteiger partial charge in [0.15, 0.2) is 0 Å². The molecule has 3 fully saturated rings. The Morgan fingerprint density at radius 1 is 1.18 bits per heavy atom. The molecule has 0 radical (unpaired) electrons. The van der Waals surface area contributed by atoms with Crippen molar-refractivity contribution in [2.45, 2.75) is 57.0 Å². The van der Waals surface area contributed by atoms with Crippen molar-refractivity contribution in [3.05, 3.63) is 0 Å². The van der Waals surface area contributed by atoms with Crippen LogP contribution in [0.25, 0.3) is 0 Å². The first-order chi connectivity index (χ1) is 10.7. The number of hydrogen-bond donors (Lipinski definition) is 2. The number of nitrogens with one attached hydrogen (secondary N) is 1. The molecule has 0 aromatic rings. The molecule has 5 nitrogen and oxygen atoms in total. The number of nitrogens with zero attached hydrogens (tertiary/aromatic N) is 1. The maximum atomic E-state index is 12.2. The van der Waals surface area contributed by atoms with E-state index in [0.717, 1.165) is 64.4 Å². The smallest absolute Gasteiger partial charge is 0.220 e. The van der Waals surface area contributed by atoms with E-state index in [1.54, 1.807) is 0 Å². The zero-order valence-electron chi connectivity index (χ0n) is 13.6. The Labute approximate surface area is 133 Å². The number of carbonyl (C=O) groups is 1. The van der Waals surface area contributed by atoms with E-state index in [1.165, 1.54) is 12.8 Å². The zero-order chi connectivity index (χ0) is 15.4. The SMILES string of the molecule is N[C@@H]1CCC[C@H]1CC(=O)NC1CCN(CC2CCOC2)CC1. The maximum absolute atomic E-state index is 12.2. The first-order valence-electron chi connectivity index (χ1n) is 9.06. The second-order valence-electron chi connectivity index (χ2n) is 7.43. The first kappa shape index (κ1) is 16.2. The van der Waals surface area contributed by atoms with Crippen LogP contribution in [0.4, 0.5) is 0 Å². The number of rotatable bonds is 5. The van der Waals surface area contributed by atoms with E-state index in [1.807, 2.05) is 0 Å². The highest BCUT2D eigenvalue weighted by molar-refractivity contribution is 5.76. The average molecular weight is 309 g/mol. The molecule has 2 saturated heterocycles. The third kappa shape index (κ3) is 4.43. The Morgan fingerprint density at radius 2 is 2.00 bits per heavy atom. The van der Waals surface area contributed by atoms with Gasteiger partial charge in [0.1, 0.15) is 0 Å². The third-order valence-corrected chi connectivity index (χ3v) is 5.66. The molecule has 22 heavy (non-hydrogen) atoms. The largest absolute Gasteiger partial charge is 0.381 e. The molecule has 0 bridgehead atoms. The summed E-state index contributed by atoms with van der Waals surface area (Å²) in [7, 11) is 0. The van der Waals surface area contributed by atoms with E-state index < -0.39 is 0 Å². The van der Waals surface area contributed by atoms with E-state index in [2.05, 4.69) is 10.2 Å². The van der Waals surface area contributed by atoms with Gasteiger partial charge in [0.2, 0.25) is 5.91 Å². The molecule has 3 atom stereocenters. The fourth-order valence-corrected chi connectivity index (χ4v) is 4.20. The van der Waals surface area contributed by atoms with Crippen LogP contribution in [-0.2, 0) is 9.53 Å². The molecule has 126 valence electrons. The summed E-state index contributed by atoms with van der Waals surface area (Å²) in [5, 5.41) is 3.23. The number of hydrogen-bond acceptors (Lipinski definition) is 4. The van der Waals surface area contributed by atoms with E-state index in [4.69, 9.17) is 10.5 Å². The van der Waals surface area contributed by atoms with Gasteiger partial charge in [-0.25, -0.2) is 0 Å². The number of nitrogens with two attached hydrogens (primary N) is 1. The van der Waals surface area contributed by atoms with Crippen LogP contribution in [0, 0.1) is 11.8 Å². The van der Waals surface area contributed by atoms with Crippen molar-refractivity contribution in [2.75, 3.05) is 32.8 Å². The predicted octanol–water partition coefficient (Wildman–Crippen LogP) is 1.12. The van der Waals surface area contributed by atoms with Crippen LogP contribution in [0.1, 0.15) is 44.9 Å². The summed E-state index contributed by atoms with van der Waals surface area (Å²) in [6.45, 7) is 5.23. The Balaban J connectivity index is 1.33. The highest BCUT2D eigenvalue weighted by Crippen LogP contribution is 2.27. The molecule has 5 heteroatoms. The molecule has 1 saturated carbocycles. The molecule has 0 aromatic heterocycles. The van der Waals surface area contributed by atoms with Gasteiger partial charge >= 0.3 is 0 Å². The molecule has 2 heterocycles. The molecule has 1 amide bonds. The number of piperidine rings is 1. The van der Waals surface area contributed by atoms with Crippen LogP contribution >= 0.6 is 0 Å². The fourth-order valence-electron chi connectivity index (χ4n) is 4.20. The minimum absolute atomic E-state index is 0.213. The average Bonchev–Trinajstić information content (AvgIpc) is 3.14. The van der Waals surface area contributed by atoms with Crippen LogP contribution in [0.2, 0.25) is 0 Å². The standard InChI is InChI=1S/C17H31N3O2/c18-16-3-1-2-14(16)10-17(21)19-15-4-7-20(8-5-15)11-13-6-9-22-12-13/h13-16H,1-12,18H2,(H,19,21)/t13?,14-,16+/m0/s1. The van der Waals surface area contributed by atoms with Gasteiger partial charge in [0.25, 0.3) is 0 Å². The minimum Gasteiger partial charge on any atom is -0.381 e. The Morgan fingerprint density at radius 3 is 2.64 bits per heavy atom. The van der Waals surface area contributed by atoms with Crippen molar-refractivity contribution in [1.82, 2.24) is 10.2 Å². The summed E-state index contributed by atoms with van der Waals surface area (Å²) in [6, 6.07) is 0.599. The quantitative estimate of drug-likeness (QED) is 0.799. The second kappa shape index (κ2) is 7.75. The molecule has 3 rings (SSSR count). The van der Waals surface area contributed by atoms with Crippen molar-refractivity contribution in [2.24, 2.45) is 17.6 Å². The molecule has 1 unspecified atom stereocenters. The molecule has 3 aliphatic rings. The molecule has 0 aromatic carbocycles. The number of carbonyl (C=O) groups excluding carboxylic acids is 1. The summed E-state index contributed by atoms with van der Waals surface area (Å²) in [6.07, 6.45) is 7.38. The number of ether oxygens (including phenoxy) is 1. The molecule has 3 N–H and O–H groups in total. The van der Waals surface area contributed by atoms with Crippen LogP contribution in [-0.4, -0.2) is 55.7 Å². The molecule has 2 aliphatic heterocycles. The minimum atomic E-state index is 0.213. The van der Waals surface area contributed by atoms with Gasteiger partial charge in [-0.2, -0.15) is 0 Å². The zero-order valence-corrected chi connectivity index (χ0v) is 13.6. The van der Waals surface area contributed by atoms with Crippen LogP contribution in [0.15, 0.2) is 0 Å². The Bertz CT molecular complexity index is 363. The van der Waals surface area contributed by atoms with E-state index in [0.29, 0.717) is 18.4 Å². The van der Waals surface area contributed by atoms with Gasteiger partial charge in [-0.3, -0.25) is 4.79 Å². The lowest BCUT2D eigenvalue weighted by Gasteiger charge is -2.33. The van der Waals surface area contributed by atoms with E-state index in [-0.39, 0.29) is 11.9 Å². The number of likely N-dealkylation sites (tertiary alicyclic amines) is 1. The molecule has 0 spiro atoms. The van der Waals surface area contributed by atoms with Crippen LogP contribution < -0.4 is 11.1 Å². The van der Waals surface area contributed by atoms with Crippen LogP contribution in [0.3, 0.4) is 0 Å². The normalized spacial score (nSPS) is 34.1.